The highest BCUT2D eigenvalue weighted by atomic mass is 32.1. The van der Waals surface area contributed by atoms with E-state index in [1.165, 1.54) is 55.1 Å². The van der Waals surface area contributed by atoms with Crippen molar-refractivity contribution in [2.45, 2.75) is 51.1 Å². The molecule has 2 aliphatic rings. The highest BCUT2D eigenvalue weighted by Crippen LogP contribution is 2.38. The Morgan fingerprint density at radius 3 is 3.10 bits per heavy atom. The zero-order valence-corrected chi connectivity index (χ0v) is 13.8. The van der Waals surface area contributed by atoms with Crippen LogP contribution in [-0.2, 0) is 11.3 Å². The number of nitrogens with one attached hydrogen (secondary N) is 1. The fourth-order valence-corrected chi connectivity index (χ4v) is 4.72. The van der Waals surface area contributed by atoms with Crippen molar-refractivity contribution in [1.29, 1.82) is 0 Å². The summed E-state index contributed by atoms with van der Waals surface area (Å²) in [5.41, 5.74) is 0. The number of methoxy groups -OCH3 is 1. The molecule has 3 rings (SSSR count). The summed E-state index contributed by atoms with van der Waals surface area (Å²) in [4.78, 5) is 8.64. The number of ether oxygens (including phenoxy) is 1. The van der Waals surface area contributed by atoms with Crippen molar-refractivity contribution in [3.8, 4) is 0 Å². The second-order valence-electron chi connectivity index (χ2n) is 6.23. The van der Waals surface area contributed by atoms with E-state index < -0.39 is 0 Å². The molecule has 5 heteroatoms. The van der Waals surface area contributed by atoms with Crippen LogP contribution in [0.5, 0.6) is 0 Å². The van der Waals surface area contributed by atoms with Gasteiger partial charge in [0.1, 0.15) is 0 Å². The molecule has 2 unspecified atom stereocenters. The normalized spacial score (nSPS) is 25.9. The van der Waals surface area contributed by atoms with Gasteiger partial charge in [-0.2, -0.15) is 0 Å². The van der Waals surface area contributed by atoms with E-state index in [1.54, 1.807) is 7.11 Å². The lowest BCUT2D eigenvalue weighted by molar-refractivity contribution is 0.199. The van der Waals surface area contributed by atoms with E-state index in [-0.39, 0.29) is 0 Å². The third-order valence-electron chi connectivity index (χ3n) is 4.81. The van der Waals surface area contributed by atoms with E-state index in [4.69, 9.17) is 9.72 Å². The fourth-order valence-electron chi connectivity index (χ4n) is 3.76. The summed E-state index contributed by atoms with van der Waals surface area (Å²) in [7, 11) is 1.74. The van der Waals surface area contributed by atoms with Crippen LogP contribution >= 0.6 is 11.3 Å². The lowest BCUT2D eigenvalue weighted by Gasteiger charge is -2.44. The summed E-state index contributed by atoms with van der Waals surface area (Å²) in [6, 6.07) is 0.757. The van der Waals surface area contributed by atoms with Gasteiger partial charge in [-0.1, -0.05) is 12.8 Å². The molecule has 0 spiro atoms. The molecule has 1 aromatic heterocycles. The van der Waals surface area contributed by atoms with Crippen molar-refractivity contribution < 1.29 is 4.74 Å². The molecule has 1 aliphatic carbocycles. The number of hydrogen-bond acceptors (Lipinski definition) is 5. The van der Waals surface area contributed by atoms with E-state index in [1.807, 2.05) is 17.5 Å². The van der Waals surface area contributed by atoms with E-state index in [9.17, 15) is 0 Å². The van der Waals surface area contributed by atoms with Crippen molar-refractivity contribution >= 4 is 16.5 Å². The number of piperidine rings is 1. The number of fused-ring (bicyclic) bond motifs is 1. The molecule has 1 saturated carbocycles. The van der Waals surface area contributed by atoms with Crippen LogP contribution in [-0.4, -0.2) is 37.8 Å². The van der Waals surface area contributed by atoms with Gasteiger partial charge in [-0.3, -0.25) is 0 Å². The molecule has 0 radical (unpaired) electrons. The minimum absolute atomic E-state index is 0.757. The Kier molecular flexibility index (Phi) is 5.49. The van der Waals surface area contributed by atoms with Gasteiger partial charge in [0.2, 0.25) is 0 Å². The number of hydrogen-bond donors (Lipinski definition) is 1. The first-order valence-corrected chi connectivity index (χ1v) is 9.11. The first-order valence-electron chi connectivity index (χ1n) is 8.29. The van der Waals surface area contributed by atoms with Gasteiger partial charge in [0.15, 0.2) is 5.13 Å². The molecular weight excluding hydrogens is 282 g/mol. The van der Waals surface area contributed by atoms with E-state index >= 15 is 0 Å². The number of thiazole rings is 1. The predicted octanol–water partition coefficient (Wildman–Crippen LogP) is 3.04. The molecule has 2 fully saturated rings. The van der Waals surface area contributed by atoms with E-state index in [0.717, 1.165) is 31.7 Å². The van der Waals surface area contributed by atoms with Crippen LogP contribution in [0.4, 0.5) is 5.13 Å². The molecule has 0 amide bonds. The number of anilines is 1. The average molecular weight is 309 g/mol. The molecule has 0 aromatic carbocycles. The van der Waals surface area contributed by atoms with Crippen LogP contribution in [0.3, 0.4) is 0 Å². The van der Waals surface area contributed by atoms with Crippen molar-refractivity contribution in [1.82, 2.24) is 10.3 Å². The molecule has 0 bridgehead atoms. The van der Waals surface area contributed by atoms with Crippen LogP contribution in [0.25, 0.3) is 0 Å². The molecule has 1 aliphatic heterocycles. The number of aromatic nitrogens is 1. The molecule has 2 heterocycles. The first-order chi connectivity index (χ1) is 10.4. The monoisotopic (exact) mass is 309 g/mol. The summed E-state index contributed by atoms with van der Waals surface area (Å²) >= 11 is 1.86. The van der Waals surface area contributed by atoms with E-state index in [2.05, 4.69) is 10.2 Å². The molecule has 118 valence electrons. The minimum Gasteiger partial charge on any atom is -0.383 e. The zero-order valence-electron chi connectivity index (χ0n) is 13.0. The van der Waals surface area contributed by atoms with Gasteiger partial charge in [-0.25, -0.2) is 4.98 Å². The first kappa shape index (κ1) is 15.3. The fraction of sp³-hybridized carbons (Fsp3) is 0.812. The zero-order chi connectivity index (χ0) is 14.5. The topological polar surface area (TPSA) is 37.4 Å². The molecular formula is C16H27N3OS. The maximum atomic E-state index is 5.06. The quantitative estimate of drug-likeness (QED) is 0.820. The summed E-state index contributed by atoms with van der Waals surface area (Å²) in [6.45, 7) is 3.77. The summed E-state index contributed by atoms with van der Waals surface area (Å²) in [5.74, 6) is 0.916. The lowest BCUT2D eigenvalue weighted by Crippen LogP contribution is -2.46. The Bertz CT molecular complexity index is 435. The van der Waals surface area contributed by atoms with Gasteiger partial charge in [0.25, 0.3) is 0 Å². The van der Waals surface area contributed by atoms with Crippen molar-refractivity contribution in [3.63, 3.8) is 0 Å². The Labute approximate surface area is 131 Å². The molecule has 1 aromatic rings. The Hall–Kier alpha value is -0.650. The highest BCUT2D eigenvalue weighted by Gasteiger charge is 2.34. The summed E-state index contributed by atoms with van der Waals surface area (Å²) in [6.07, 6.45) is 10.4. The Morgan fingerprint density at radius 1 is 1.33 bits per heavy atom. The molecule has 4 nitrogen and oxygen atoms in total. The Morgan fingerprint density at radius 2 is 2.19 bits per heavy atom. The van der Waals surface area contributed by atoms with E-state index in [0.29, 0.717) is 0 Å². The standard InChI is InChI=1S/C16H27N3OS/c1-20-10-8-17-11-14-12-18-16(21-14)19-9-4-6-13-5-2-3-7-15(13)19/h12-13,15,17H,2-11H2,1H3. The minimum atomic E-state index is 0.757. The predicted molar refractivity (Wildman–Crippen MR) is 88.0 cm³/mol. The van der Waals surface area contributed by atoms with Gasteiger partial charge in [0.05, 0.1) is 6.61 Å². The molecule has 21 heavy (non-hydrogen) atoms. The summed E-state index contributed by atoms with van der Waals surface area (Å²) in [5, 5.41) is 4.65. The second kappa shape index (κ2) is 7.56. The van der Waals surface area contributed by atoms with Gasteiger partial charge in [0, 0.05) is 43.9 Å². The van der Waals surface area contributed by atoms with Crippen LogP contribution < -0.4 is 10.2 Å². The third-order valence-corrected chi connectivity index (χ3v) is 5.85. The smallest absolute Gasteiger partial charge is 0.185 e. The van der Waals surface area contributed by atoms with Crippen molar-refractivity contribution in [3.05, 3.63) is 11.1 Å². The lowest BCUT2D eigenvalue weighted by atomic mass is 9.78. The SMILES string of the molecule is COCCNCc1cnc(N2CCCC3CCCCC32)s1. The van der Waals surface area contributed by atoms with Crippen LogP contribution in [0.1, 0.15) is 43.4 Å². The van der Waals surface area contributed by atoms with Gasteiger partial charge in [-0.15, -0.1) is 11.3 Å². The maximum absolute atomic E-state index is 5.06. The third kappa shape index (κ3) is 3.76. The Balaban J connectivity index is 1.59. The van der Waals surface area contributed by atoms with Gasteiger partial charge >= 0.3 is 0 Å². The van der Waals surface area contributed by atoms with Gasteiger partial charge < -0.3 is 15.0 Å². The van der Waals surface area contributed by atoms with Crippen molar-refractivity contribution in [2.75, 3.05) is 31.7 Å². The number of rotatable bonds is 6. The molecule has 1 N–H and O–H groups in total. The van der Waals surface area contributed by atoms with Crippen LogP contribution in [0.2, 0.25) is 0 Å². The van der Waals surface area contributed by atoms with Crippen molar-refractivity contribution in [2.24, 2.45) is 5.92 Å². The van der Waals surface area contributed by atoms with Crippen LogP contribution in [0, 0.1) is 5.92 Å². The molecule has 1 saturated heterocycles. The second-order valence-corrected chi connectivity index (χ2v) is 7.32. The van der Waals surface area contributed by atoms with Crippen LogP contribution in [0.15, 0.2) is 6.20 Å². The average Bonchev–Trinajstić information content (AvgIpc) is 3.00. The highest BCUT2D eigenvalue weighted by molar-refractivity contribution is 7.15. The van der Waals surface area contributed by atoms with Gasteiger partial charge in [-0.05, 0) is 31.6 Å². The summed E-state index contributed by atoms with van der Waals surface area (Å²) < 4.78 is 5.06. The molecule has 2 atom stereocenters. The number of nitrogens with zero attached hydrogens (tertiary/aromatic N) is 2. The maximum Gasteiger partial charge on any atom is 0.185 e. The largest absolute Gasteiger partial charge is 0.383 e.